The number of benzene rings is 3. The first-order chi connectivity index (χ1) is 21.1. The Morgan fingerprint density at radius 1 is 0.612 bits per heavy atom. The monoisotopic (exact) mass is 701 g/mol. The fraction of sp³-hybridized carbons (Fsp3) is 0.273. The van der Waals surface area contributed by atoms with E-state index < -0.39 is 60.3 Å². The van der Waals surface area contributed by atoms with E-state index in [1.54, 1.807) is 104 Å². The van der Waals surface area contributed by atoms with Gasteiger partial charge >= 0.3 is 88.7 Å². The Morgan fingerprint density at radius 2 is 0.939 bits per heavy atom. The maximum absolute atomic E-state index is 13.4. The van der Waals surface area contributed by atoms with Crippen molar-refractivity contribution < 1.29 is 139 Å². The van der Waals surface area contributed by atoms with Gasteiger partial charge in [0.1, 0.15) is 0 Å². The molecule has 0 saturated carbocycles. The van der Waals surface area contributed by atoms with Gasteiger partial charge in [-0.15, -0.1) is 0 Å². The maximum atomic E-state index is 13.4. The van der Waals surface area contributed by atoms with E-state index in [0.29, 0.717) is 16.7 Å². The summed E-state index contributed by atoms with van der Waals surface area (Å²) < 4.78 is 0. The van der Waals surface area contributed by atoms with E-state index in [2.05, 4.69) is 16.0 Å². The number of carbonyl (C=O) groups is 4. The molecule has 3 aromatic rings. The third kappa shape index (κ3) is 18.0. The molecule has 0 aromatic heterocycles. The van der Waals surface area contributed by atoms with Crippen LogP contribution in [0.1, 0.15) is 29.5 Å². The van der Waals surface area contributed by atoms with Gasteiger partial charge in [0.25, 0.3) is 5.91 Å². The summed E-state index contributed by atoms with van der Waals surface area (Å²) in [5, 5.41) is 30.2. The normalized spacial score (nSPS) is 12.7. The van der Waals surface area contributed by atoms with Gasteiger partial charge in [-0.3, -0.25) is 14.4 Å². The number of hydrogen-bond acceptors (Lipinski definition) is 10. The minimum Gasteiger partial charge on any atom is -0.870 e. The first-order valence-corrected chi connectivity index (χ1v) is 13.8. The quantitative estimate of drug-likeness (QED) is 0.0765. The molecule has 6 N–H and O–H groups in total. The second-order valence-corrected chi connectivity index (χ2v) is 10.3. The van der Waals surface area contributed by atoms with Gasteiger partial charge in [0, 0.05) is 0 Å². The second kappa shape index (κ2) is 26.6. The summed E-state index contributed by atoms with van der Waals surface area (Å²) in [4.78, 5) is 74.3. The summed E-state index contributed by atoms with van der Waals surface area (Å²) >= 11 is 0. The van der Waals surface area contributed by atoms with Crippen molar-refractivity contribution >= 4 is 36.3 Å². The predicted octanol–water partition coefficient (Wildman–Crippen LogP) is -9.69. The molecule has 3 amide bonds. The van der Waals surface area contributed by atoms with Crippen molar-refractivity contribution in [3.05, 3.63) is 108 Å². The van der Waals surface area contributed by atoms with Crippen LogP contribution in [0.25, 0.3) is 0 Å². The molecule has 3 aromatic carbocycles. The molecule has 3 rings (SSSR count). The van der Waals surface area contributed by atoms with E-state index in [1.165, 1.54) is 0 Å². The van der Waals surface area contributed by atoms with Crippen LogP contribution in [-0.4, -0.2) is 76.0 Å². The van der Waals surface area contributed by atoms with E-state index in [-0.39, 0.29) is 119 Å². The van der Waals surface area contributed by atoms with E-state index >= 15 is 0 Å². The Bertz CT molecular complexity index is 1370. The first kappa shape index (κ1) is 51.1. The summed E-state index contributed by atoms with van der Waals surface area (Å²) in [5.41, 5.74) is -0.822. The van der Waals surface area contributed by atoms with Crippen LogP contribution >= 0.6 is 0 Å². The van der Waals surface area contributed by atoms with Crippen molar-refractivity contribution in [3.63, 3.8) is 0 Å². The number of carboxylic acid groups (broad SMARTS) is 1. The SMILES string of the molecule is O=[C-]C(Cc1ccccc1)NC(=O)CC(O)(CC(=O)NC([C-]=O)Cc1ccccc1)C(=O)NC(Cc1ccccc1)C(=O)[O-].[Na+].[Na+].[Na+].[OH-].[OH-]. The molecule has 49 heavy (non-hydrogen) atoms. The molecule has 0 heterocycles. The van der Waals surface area contributed by atoms with Gasteiger partial charge in [0.05, 0.1) is 24.9 Å². The third-order valence-electron chi connectivity index (χ3n) is 6.72. The molecule has 3 atom stereocenters. The Kier molecular flexibility index (Phi) is 27.7. The zero-order valence-electron chi connectivity index (χ0n) is 27.6. The molecule has 0 saturated heterocycles. The first-order valence-electron chi connectivity index (χ1n) is 13.8. The Morgan fingerprint density at radius 3 is 1.24 bits per heavy atom. The average Bonchev–Trinajstić information content (AvgIpc) is 3.01. The van der Waals surface area contributed by atoms with Gasteiger partial charge in [-0.1, -0.05) is 103 Å². The molecule has 0 aliphatic rings. The molecular weight excluding hydrogens is 667 g/mol. The minimum absolute atomic E-state index is 0. The van der Waals surface area contributed by atoms with Gasteiger partial charge in [-0.25, -0.2) is 12.6 Å². The van der Waals surface area contributed by atoms with Gasteiger partial charge in [0.2, 0.25) is 11.8 Å². The number of aliphatic carboxylic acids is 1. The predicted molar refractivity (Wildman–Crippen MR) is 161 cm³/mol. The topological polar surface area (TPSA) is 242 Å². The van der Waals surface area contributed by atoms with Gasteiger partial charge in [0.15, 0.2) is 5.60 Å². The van der Waals surface area contributed by atoms with Crippen LogP contribution in [0.4, 0.5) is 0 Å². The van der Waals surface area contributed by atoms with Crippen LogP contribution in [-0.2, 0) is 48.0 Å². The Balaban J connectivity index is -0.00000423. The number of hydrogen-bond donors (Lipinski definition) is 4. The van der Waals surface area contributed by atoms with Crippen molar-refractivity contribution in [2.24, 2.45) is 0 Å². The Labute approximate surface area is 350 Å². The zero-order valence-corrected chi connectivity index (χ0v) is 33.6. The molecule has 0 fully saturated rings. The molecule has 0 radical (unpaired) electrons. The Hall–Kier alpha value is -2.24. The van der Waals surface area contributed by atoms with Crippen molar-refractivity contribution in [1.29, 1.82) is 0 Å². The van der Waals surface area contributed by atoms with Crippen LogP contribution in [0.2, 0.25) is 0 Å². The number of nitrogens with one attached hydrogen (secondary N) is 3. The van der Waals surface area contributed by atoms with E-state index in [9.17, 15) is 39.0 Å². The smallest absolute Gasteiger partial charge is 0.870 e. The zero-order chi connectivity index (χ0) is 32.0. The molecule has 16 heteroatoms. The van der Waals surface area contributed by atoms with Gasteiger partial charge in [-0.2, -0.15) is 0 Å². The fourth-order valence-electron chi connectivity index (χ4n) is 4.52. The molecule has 0 spiro atoms. The van der Waals surface area contributed by atoms with Crippen LogP contribution in [0.3, 0.4) is 0 Å². The van der Waals surface area contributed by atoms with Crippen LogP contribution in [0, 0.1) is 0 Å². The summed E-state index contributed by atoms with van der Waals surface area (Å²) in [6.07, 6.45) is 1.30. The molecule has 3 unspecified atom stereocenters. The van der Waals surface area contributed by atoms with Crippen molar-refractivity contribution in [2.75, 3.05) is 0 Å². The molecule has 0 aliphatic heterocycles. The number of carboxylic acids is 1. The molecular formula is C33H34N3Na3O10-2. The summed E-state index contributed by atoms with van der Waals surface area (Å²) in [5.74, 6) is -4.95. The van der Waals surface area contributed by atoms with Gasteiger partial charge in [-0.05, 0) is 36.0 Å². The molecule has 13 nitrogen and oxygen atoms in total. The summed E-state index contributed by atoms with van der Waals surface area (Å²) in [7, 11) is 0. The van der Waals surface area contributed by atoms with Crippen LogP contribution < -0.4 is 110 Å². The van der Waals surface area contributed by atoms with E-state index in [0.717, 1.165) is 0 Å². The number of amides is 3. The second-order valence-electron chi connectivity index (χ2n) is 10.3. The van der Waals surface area contributed by atoms with Gasteiger partial charge < -0.3 is 51.5 Å². The van der Waals surface area contributed by atoms with Crippen molar-refractivity contribution in [1.82, 2.24) is 16.0 Å². The molecule has 0 bridgehead atoms. The number of rotatable bonds is 17. The third-order valence-corrected chi connectivity index (χ3v) is 6.72. The number of aliphatic hydroxyl groups is 1. The fourth-order valence-corrected chi connectivity index (χ4v) is 4.52. The van der Waals surface area contributed by atoms with Crippen LogP contribution in [0.15, 0.2) is 91.0 Å². The number of carbonyl (C=O) groups excluding carboxylic acids is 6. The summed E-state index contributed by atoms with van der Waals surface area (Å²) in [6.45, 7) is 0. The van der Waals surface area contributed by atoms with Crippen molar-refractivity contribution in [3.8, 4) is 0 Å². The van der Waals surface area contributed by atoms with E-state index in [4.69, 9.17) is 0 Å². The van der Waals surface area contributed by atoms with Crippen molar-refractivity contribution in [2.45, 2.75) is 55.8 Å². The molecule has 0 aliphatic carbocycles. The summed E-state index contributed by atoms with van der Waals surface area (Å²) in [6, 6.07) is 21.8. The minimum atomic E-state index is -2.78. The van der Waals surface area contributed by atoms with Crippen LogP contribution in [0.5, 0.6) is 0 Å². The largest absolute Gasteiger partial charge is 1.00 e. The molecule has 246 valence electrons. The average molecular weight is 702 g/mol. The maximum Gasteiger partial charge on any atom is 1.00 e. The standard InChI is InChI=1S/C33H33N3O8.3Na.2H2O/c37-21-26(16-23-10-4-1-5-11-23)34-29(39)19-33(44,20-30(40)35-27(22-38)17-24-12-6-2-7-13-24)32(43)36-28(31(41)42)18-25-14-8-3-9-15-25;;;;;/h1-15,26-28,44H,16-20H2,(H,34,39)(H,35,40)(H,36,43)(H,41,42);;;;2*1H2/q-2;3*+1;;/p-3. The van der Waals surface area contributed by atoms with E-state index in [1.807, 2.05) is 0 Å².